The third kappa shape index (κ3) is 2.12. The van der Waals surface area contributed by atoms with Crippen LogP contribution in [0.25, 0.3) is 11.3 Å². The lowest BCUT2D eigenvalue weighted by molar-refractivity contribution is 0.392. The van der Waals surface area contributed by atoms with Gasteiger partial charge >= 0.3 is 0 Å². The third-order valence-corrected chi connectivity index (χ3v) is 2.30. The smallest absolute Gasteiger partial charge is 0.252 e. The van der Waals surface area contributed by atoms with E-state index in [1.54, 1.807) is 18.2 Å². The second-order valence-corrected chi connectivity index (χ2v) is 3.50. The highest BCUT2D eigenvalue weighted by molar-refractivity contribution is 6.32. The number of ether oxygens (including phenoxy) is 1. The maximum atomic E-state index is 13.0. The lowest BCUT2D eigenvalue weighted by Crippen LogP contribution is -1.94. The largest absolute Gasteiger partial charge is 0.479 e. The molecule has 5 heteroatoms. The number of benzene rings is 1. The Hall–Kier alpha value is -1.68. The van der Waals surface area contributed by atoms with Crippen molar-refractivity contribution in [2.24, 2.45) is 0 Å². The van der Waals surface area contributed by atoms with Gasteiger partial charge in [0.2, 0.25) is 0 Å². The third-order valence-electron chi connectivity index (χ3n) is 2.03. The van der Waals surface area contributed by atoms with E-state index in [0.29, 0.717) is 16.3 Å². The Bertz CT molecular complexity index is 519. The summed E-state index contributed by atoms with van der Waals surface area (Å²) in [6.07, 6.45) is 0. The number of hydrogen-bond donors (Lipinski definition) is 0. The molecular weight excluding hydrogens is 231 g/mol. The molecule has 0 N–H and O–H groups in total. The average Bonchev–Trinajstić information content (AvgIpc) is 2.29. The fraction of sp³-hybridized carbons (Fsp3) is 0.0909. The summed E-state index contributed by atoms with van der Waals surface area (Å²) in [7, 11) is 1.46. The molecule has 0 aliphatic heterocycles. The fourth-order valence-electron chi connectivity index (χ4n) is 1.28. The predicted molar refractivity (Wildman–Crippen MR) is 59.0 cm³/mol. The Morgan fingerprint density at radius 1 is 1.25 bits per heavy atom. The molecule has 0 unspecified atom stereocenters. The minimum atomic E-state index is -0.328. The van der Waals surface area contributed by atoms with Crippen molar-refractivity contribution in [3.05, 3.63) is 41.2 Å². The highest BCUT2D eigenvalue weighted by atomic mass is 35.5. The Morgan fingerprint density at radius 2 is 2.06 bits per heavy atom. The maximum absolute atomic E-state index is 13.0. The molecule has 0 aliphatic carbocycles. The molecule has 0 fully saturated rings. The van der Waals surface area contributed by atoms with Crippen molar-refractivity contribution in [1.82, 2.24) is 10.2 Å². The van der Waals surface area contributed by atoms with Crippen LogP contribution in [0.3, 0.4) is 0 Å². The van der Waals surface area contributed by atoms with Crippen molar-refractivity contribution in [2.75, 3.05) is 7.11 Å². The van der Waals surface area contributed by atoms with Crippen LogP contribution in [0.5, 0.6) is 5.88 Å². The van der Waals surface area contributed by atoms with Crippen LogP contribution in [-0.2, 0) is 0 Å². The van der Waals surface area contributed by atoms with Crippen LogP contribution in [0.15, 0.2) is 30.3 Å². The zero-order valence-corrected chi connectivity index (χ0v) is 9.20. The summed E-state index contributed by atoms with van der Waals surface area (Å²) in [4.78, 5) is 0. The lowest BCUT2D eigenvalue weighted by Gasteiger charge is -2.03. The molecule has 1 aromatic heterocycles. The van der Waals surface area contributed by atoms with Crippen molar-refractivity contribution in [1.29, 1.82) is 0 Å². The Labute approximate surface area is 96.8 Å². The molecule has 3 nitrogen and oxygen atoms in total. The minimum Gasteiger partial charge on any atom is -0.479 e. The predicted octanol–water partition coefficient (Wildman–Crippen LogP) is 2.94. The molecule has 0 bridgehead atoms. The molecule has 82 valence electrons. The quantitative estimate of drug-likeness (QED) is 0.807. The summed E-state index contributed by atoms with van der Waals surface area (Å²) in [6.45, 7) is 0. The van der Waals surface area contributed by atoms with Gasteiger partial charge in [-0.25, -0.2) is 4.39 Å². The van der Waals surface area contributed by atoms with Crippen LogP contribution < -0.4 is 4.74 Å². The number of aromatic nitrogens is 2. The van der Waals surface area contributed by atoms with Crippen LogP contribution in [0.4, 0.5) is 4.39 Å². The maximum Gasteiger partial charge on any atom is 0.252 e. The SMILES string of the molecule is COc1nnc(-c2cccc(F)c2)cc1Cl. The Morgan fingerprint density at radius 3 is 2.69 bits per heavy atom. The van der Waals surface area contributed by atoms with Gasteiger partial charge < -0.3 is 4.74 Å². The normalized spacial score (nSPS) is 10.2. The summed E-state index contributed by atoms with van der Waals surface area (Å²) in [5.41, 5.74) is 1.13. The molecule has 0 saturated carbocycles. The summed E-state index contributed by atoms with van der Waals surface area (Å²) in [5.74, 6) is -0.0759. The number of nitrogens with zero attached hydrogens (tertiary/aromatic N) is 2. The van der Waals surface area contributed by atoms with E-state index in [0.717, 1.165) is 0 Å². The van der Waals surface area contributed by atoms with E-state index in [-0.39, 0.29) is 11.7 Å². The van der Waals surface area contributed by atoms with Gasteiger partial charge in [-0.3, -0.25) is 0 Å². The van der Waals surface area contributed by atoms with Crippen molar-refractivity contribution in [2.45, 2.75) is 0 Å². The van der Waals surface area contributed by atoms with Gasteiger partial charge in [-0.05, 0) is 18.2 Å². The van der Waals surface area contributed by atoms with E-state index < -0.39 is 0 Å². The van der Waals surface area contributed by atoms with Crippen LogP contribution in [0.2, 0.25) is 5.02 Å². The molecular formula is C11H8ClFN2O. The van der Waals surface area contributed by atoms with Crippen LogP contribution in [-0.4, -0.2) is 17.3 Å². The first-order valence-corrected chi connectivity index (χ1v) is 4.91. The molecule has 1 heterocycles. The molecule has 0 atom stereocenters. The van der Waals surface area contributed by atoms with E-state index in [4.69, 9.17) is 16.3 Å². The average molecular weight is 239 g/mol. The van der Waals surface area contributed by atoms with Gasteiger partial charge in [-0.15, -0.1) is 10.2 Å². The number of methoxy groups -OCH3 is 1. The Kier molecular flexibility index (Phi) is 3.01. The number of halogens is 2. The van der Waals surface area contributed by atoms with Crippen LogP contribution in [0, 0.1) is 5.82 Å². The lowest BCUT2D eigenvalue weighted by atomic mass is 10.1. The Balaban J connectivity index is 2.45. The van der Waals surface area contributed by atoms with E-state index >= 15 is 0 Å². The fourth-order valence-corrected chi connectivity index (χ4v) is 1.50. The number of rotatable bonds is 2. The van der Waals surface area contributed by atoms with Gasteiger partial charge in [0.15, 0.2) is 0 Å². The molecule has 1 aromatic carbocycles. The van der Waals surface area contributed by atoms with Crippen molar-refractivity contribution >= 4 is 11.6 Å². The molecule has 2 rings (SSSR count). The van der Waals surface area contributed by atoms with Gasteiger partial charge in [0.1, 0.15) is 10.8 Å². The molecule has 0 spiro atoms. The summed E-state index contributed by atoms with van der Waals surface area (Å²) in [5, 5.41) is 8.02. The van der Waals surface area contributed by atoms with Crippen LogP contribution >= 0.6 is 11.6 Å². The van der Waals surface area contributed by atoms with Crippen LogP contribution in [0.1, 0.15) is 0 Å². The van der Waals surface area contributed by atoms with Crippen molar-refractivity contribution < 1.29 is 9.13 Å². The molecule has 2 aromatic rings. The first kappa shape index (κ1) is 10.8. The highest BCUT2D eigenvalue weighted by Gasteiger charge is 2.07. The first-order valence-electron chi connectivity index (χ1n) is 4.54. The summed E-state index contributed by atoms with van der Waals surface area (Å²) in [6, 6.07) is 7.65. The van der Waals surface area contributed by atoms with E-state index in [1.807, 2.05) is 0 Å². The summed E-state index contributed by atoms with van der Waals surface area (Å²) >= 11 is 5.90. The monoisotopic (exact) mass is 238 g/mol. The van der Waals surface area contributed by atoms with Crippen molar-refractivity contribution in [3.63, 3.8) is 0 Å². The topological polar surface area (TPSA) is 35.0 Å². The highest BCUT2D eigenvalue weighted by Crippen LogP contribution is 2.25. The van der Waals surface area contributed by atoms with Crippen molar-refractivity contribution in [3.8, 4) is 17.1 Å². The molecule has 0 radical (unpaired) electrons. The van der Waals surface area contributed by atoms with E-state index in [1.165, 1.54) is 19.2 Å². The zero-order chi connectivity index (χ0) is 11.5. The summed E-state index contributed by atoms with van der Waals surface area (Å²) < 4.78 is 17.9. The standard InChI is InChI=1S/C11H8ClFN2O/c1-16-11-9(12)6-10(14-15-11)7-3-2-4-8(13)5-7/h2-6H,1H3. The molecule has 0 saturated heterocycles. The van der Waals surface area contributed by atoms with Gasteiger partial charge in [0.25, 0.3) is 5.88 Å². The number of hydrogen-bond acceptors (Lipinski definition) is 3. The first-order chi connectivity index (χ1) is 7.70. The molecule has 0 aliphatic rings. The molecule has 0 amide bonds. The van der Waals surface area contributed by atoms with Gasteiger partial charge in [0, 0.05) is 5.56 Å². The van der Waals surface area contributed by atoms with E-state index in [2.05, 4.69) is 10.2 Å². The second kappa shape index (κ2) is 4.45. The molecule has 16 heavy (non-hydrogen) atoms. The van der Waals surface area contributed by atoms with Gasteiger partial charge in [-0.2, -0.15) is 0 Å². The van der Waals surface area contributed by atoms with E-state index in [9.17, 15) is 4.39 Å². The van der Waals surface area contributed by atoms with Gasteiger partial charge in [0.05, 0.1) is 12.8 Å². The minimum absolute atomic E-state index is 0.252. The van der Waals surface area contributed by atoms with Gasteiger partial charge in [-0.1, -0.05) is 23.7 Å². The second-order valence-electron chi connectivity index (χ2n) is 3.10. The zero-order valence-electron chi connectivity index (χ0n) is 8.45.